The summed E-state index contributed by atoms with van der Waals surface area (Å²) in [5.41, 5.74) is 2.57. The number of hydrogen-bond donors (Lipinski definition) is 0. The fraction of sp³-hybridized carbons (Fsp3) is 0.421. The molecular weight excluding hydrogens is 260 g/mol. The van der Waals surface area contributed by atoms with Crippen molar-refractivity contribution < 1.29 is 9.53 Å². The molecule has 2 heteroatoms. The number of fused-ring (bicyclic) bond motifs is 1. The SMILES string of the molecule is CC(=O)OCc1ccc(C2CCCCC2)c2ccccc12. The minimum atomic E-state index is -0.226. The van der Waals surface area contributed by atoms with Gasteiger partial charge in [0.05, 0.1) is 0 Å². The topological polar surface area (TPSA) is 26.3 Å². The largest absolute Gasteiger partial charge is 0.461 e. The second-order valence-electron chi connectivity index (χ2n) is 5.97. The second-order valence-corrected chi connectivity index (χ2v) is 5.97. The lowest BCUT2D eigenvalue weighted by atomic mass is 9.81. The molecule has 3 rings (SSSR count). The van der Waals surface area contributed by atoms with Crippen LogP contribution in [0.3, 0.4) is 0 Å². The Morgan fingerprint density at radius 2 is 1.76 bits per heavy atom. The first-order valence-electron chi connectivity index (χ1n) is 7.89. The van der Waals surface area contributed by atoms with Crippen LogP contribution in [0, 0.1) is 0 Å². The normalized spacial score (nSPS) is 16.0. The van der Waals surface area contributed by atoms with Crippen molar-refractivity contribution >= 4 is 16.7 Å². The maximum atomic E-state index is 11.0. The van der Waals surface area contributed by atoms with Crippen molar-refractivity contribution in [2.45, 2.75) is 51.6 Å². The van der Waals surface area contributed by atoms with Gasteiger partial charge in [0.15, 0.2) is 0 Å². The first kappa shape index (κ1) is 14.1. The Morgan fingerprint density at radius 3 is 2.48 bits per heavy atom. The molecule has 2 aromatic carbocycles. The average Bonchev–Trinajstić information content (AvgIpc) is 2.53. The van der Waals surface area contributed by atoms with E-state index in [1.165, 1.54) is 55.4 Å². The average molecular weight is 282 g/mol. The smallest absolute Gasteiger partial charge is 0.302 e. The monoisotopic (exact) mass is 282 g/mol. The van der Waals surface area contributed by atoms with Crippen molar-refractivity contribution in [1.82, 2.24) is 0 Å². The predicted molar refractivity (Wildman–Crippen MR) is 85.2 cm³/mol. The van der Waals surface area contributed by atoms with E-state index in [1.807, 2.05) is 0 Å². The predicted octanol–water partition coefficient (Wildman–Crippen LogP) is 4.95. The molecule has 0 N–H and O–H groups in total. The summed E-state index contributed by atoms with van der Waals surface area (Å²) >= 11 is 0. The third-order valence-electron chi connectivity index (χ3n) is 4.52. The molecule has 1 fully saturated rings. The highest BCUT2D eigenvalue weighted by molar-refractivity contribution is 5.89. The zero-order valence-electron chi connectivity index (χ0n) is 12.6. The van der Waals surface area contributed by atoms with E-state index in [4.69, 9.17) is 4.74 Å². The van der Waals surface area contributed by atoms with Crippen LogP contribution in [-0.4, -0.2) is 5.97 Å². The Labute approximate surface area is 126 Å². The molecule has 0 spiro atoms. The molecule has 2 nitrogen and oxygen atoms in total. The van der Waals surface area contributed by atoms with E-state index in [2.05, 4.69) is 36.4 Å². The fourth-order valence-electron chi connectivity index (χ4n) is 3.46. The molecule has 0 saturated heterocycles. The van der Waals surface area contributed by atoms with Gasteiger partial charge in [-0.15, -0.1) is 0 Å². The summed E-state index contributed by atoms with van der Waals surface area (Å²) in [6.45, 7) is 1.82. The van der Waals surface area contributed by atoms with E-state index in [0.29, 0.717) is 12.5 Å². The second kappa shape index (κ2) is 6.30. The van der Waals surface area contributed by atoms with Gasteiger partial charge in [-0.3, -0.25) is 4.79 Å². The lowest BCUT2D eigenvalue weighted by molar-refractivity contribution is -0.142. The third-order valence-corrected chi connectivity index (χ3v) is 4.52. The maximum Gasteiger partial charge on any atom is 0.302 e. The van der Waals surface area contributed by atoms with Crippen molar-refractivity contribution in [3.63, 3.8) is 0 Å². The summed E-state index contributed by atoms with van der Waals surface area (Å²) < 4.78 is 5.18. The summed E-state index contributed by atoms with van der Waals surface area (Å²) in [6.07, 6.45) is 6.65. The van der Waals surface area contributed by atoms with Crippen LogP contribution in [0.5, 0.6) is 0 Å². The number of rotatable bonds is 3. The maximum absolute atomic E-state index is 11.0. The Bertz CT molecular complexity index is 639. The molecule has 0 bridgehead atoms. The lowest BCUT2D eigenvalue weighted by Crippen LogP contribution is -2.06. The highest BCUT2D eigenvalue weighted by atomic mass is 16.5. The number of esters is 1. The van der Waals surface area contributed by atoms with Gasteiger partial charge in [-0.1, -0.05) is 55.7 Å². The van der Waals surface area contributed by atoms with Gasteiger partial charge >= 0.3 is 5.97 Å². The zero-order valence-corrected chi connectivity index (χ0v) is 12.6. The third kappa shape index (κ3) is 3.10. The molecule has 0 radical (unpaired) electrons. The molecule has 0 amide bonds. The van der Waals surface area contributed by atoms with Gasteiger partial charge in [0, 0.05) is 6.92 Å². The van der Waals surface area contributed by atoms with Crippen molar-refractivity contribution in [3.05, 3.63) is 47.5 Å². The minimum Gasteiger partial charge on any atom is -0.461 e. The highest BCUT2D eigenvalue weighted by Crippen LogP contribution is 2.37. The van der Waals surface area contributed by atoms with Crippen LogP contribution in [0.4, 0.5) is 0 Å². The molecule has 1 aliphatic rings. The zero-order chi connectivity index (χ0) is 14.7. The van der Waals surface area contributed by atoms with Gasteiger partial charge in [0.25, 0.3) is 0 Å². The Balaban J connectivity index is 1.99. The van der Waals surface area contributed by atoms with Crippen LogP contribution in [0.1, 0.15) is 56.1 Å². The van der Waals surface area contributed by atoms with Gasteiger partial charge in [0.1, 0.15) is 6.61 Å². The van der Waals surface area contributed by atoms with E-state index < -0.39 is 0 Å². The molecule has 0 unspecified atom stereocenters. The summed E-state index contributed by atoms with van der Waals surface area (Å²) in [6, 6.07) is 12.9. The number of carbonyl (C=O) groups excluding carboxylic acids is 1. The van der Waals surface area contributed by atoms with E-state index in [-0.39, 0.29) is 5.97 Å². The minimum absolute atomic E-state index is 0.226. The summed E-state index contributed by atoms with van der Waals surface area (Å²) in [4.78, 5) is 11.0. The van der Waals surface area contributed by atoms with Crippen LogP contribution >= 0.6 is 0 Å². The van der Waals surface area contributed by atoms with Crippen LogP contribution in [-0.2, 0) is 16.1 Å². The van der Waals surface area contributed by atoms with Crippen LogP contribution in [0.25, 0.3) is 10.8 Å². The van der Waals surface area contributed by atoms with E-state index in [0.717, 1.165) is 5.56 Å². The van der Waals surface area contributed by atoms with E-state index in [9.17, 15) is 4.79 Å². The van der Waals surface area contributed by atoms with E-state index in [1.54, 1.807) is 0 Å². The Kier molecular flexibility index (Phi) is 4.23. The summed E-state index contributed by atoms with van der Waals surface area (Å²) in [5.74, 6) is 0.460. The van der Waals surface area contributed by atoms with Crippen molar-refractivity contribution in [3.8, 4) is 0 Å². The highest BCUT2D eigenvalue weighted by Gasteiger charge is 2.18. The van der Waals surface area contributed by atoms with Gasteiger partial charge in [-0.05, 0) is 40.7 Å². The number of benzene rings is 2. The van der Waals surface area contributed by atoms with Gasteiger partial charge < -0.3 is 4.74 Å². The molecule has 110 valence electrons. The lowest BCUT2D eigenvalue weighted by Gasteiger charge is -2.24. The van der Waals surface area contributed by atoms with E-state index >= 15 is 0 Å². The van der Waals surface area contributed by atoms with Gasteiger partial charge in [-0.2, -0.15) is 0 Å². The standard InChI is InChI=1S/C19H22O2/c1-14(20)21-13-16-11-12-18(15-7-3-2-4-8-15)19-10-6-5-9-17(16)19/h5-6,9-12,15H,2-4,7-8,13H2,1H3. The van der Waals surface area contributed by atoms with Gasteiger partial charge in [0.2, 0.25) is 0 Å². The Morgan fingerprint density at radius 1 is 1.05 bits per heavy atom. The number of carbonyl (C=O) groups is 1. The fourth-order valence-corrected chi connectivity index (χ4v) is 3.46. The number of hydrogen-bond acceptors (Lipinski definition) is 2. The molecular formula is C19H22O2. The van der Waals surface area contributed by atoms with Gasteiger partial charge in [-0.25, -0.2) is 0 Å². The quantitative estimate of drug-likeness (QED) is 0.744. The van der Waals surface area contributed by atoms with Crippen molar-refractivity contribution in [1.29, 1.82) is 0 Å². The molecule has 0 atom stereocenters. The van der Waals surface area contributed by atoms with Crippen molar-refractivity contribution in [2.75, 3.05) is 0 Å². The number of ether oxygens (including phenoxy) is 1. The summed E-state index contributed by atoms with van der Waals surface area (Å²) in [5, 5.41) is 2.55. The summed E-state index contributed by atoms with van der Waals surface area (Å²) in [7, 11) is 0. The first-order chi connectivity index (χ1) is 10.3. The molecule has 21 heavy (non-hydrogen) atoms. The van der Waals surface area contributed by atoms with Crippen LogP contribution in [0.15, 0.2) is 36.4 Å². The van der Waals surface area contributed by atoms with Crippen LogP contribution in [0.2, 0.25) is 0 Å². The molecule has 2 aromatic rings. The molecule has 1 saturated carbocycles. The van der Waals surface area contributed by atoms with Crippen LogP contribution < -0.4 is 0 Å². The van der Waals surface area contributed by atoms with Crippen molar-refractivity contribution in [2.24, 2.45) is 0 Å². The molecule has 0 aromatic heterocycles. The molecule has 0 heterocycles. The first-order valence-corrected chi connectivity index (χ1v) is 7.89. The Hall–Kier alpha value is -1.83. The molecule has 0 aliphatic heterocycles. The molecule has 1 aliphatic carbocycles.